The van der Waals surface area contributed by atoms with Gasteiger partial charge in [0, 0.05) is 6.20 Å². The van der Waals surface area contributed by atoms with Gasteiger partial charge in [0.15, 0.2) is 0 Å². The number of pyridine rings is 1. The number of esters is 1. The SMILES string of the molecule is CCOC(=O)C(=O)C=C([O-])c1cnc(F)c(Cl)c1.[Li+]. The van der Waals surface area contributed by atoms with Gasteiger partial charge in [0.2, 0.25) is 5.95 Å². The van der Waals surface area contributed by atoms with Crippen LogP contribution in [-0.2, 0) is 14.3 Å². The van der Waals surface area contributed by atoms with Gasteiger partial charge in [-0.2, -0.15) is 4.39 Å². The van der Waals surface area contributed by atoms with E-state index in [9.17, 15) is 19.1 Å². The molecule has 1 heterocycles. The molecule has 0 spiro atoms. The second-order valence-corrected chi connectivity index (χ2v) is 3.50. The zero-order valence-electron chi connectivity index (χ0n) is 10.3. The van der Waals surface area contributed by atoms with Gasteiger partial charge >= 0.3 is 24.8 Å². The second kappa shape index (κ2) is 7.95. The van der Waals surface area contributed by atoms with E-state index in [4.69, 9.17) is 11.6 Å². The largest absolute Gasteiger partial charge is 1.00 e. The van der Waals surface area contributed by atoms with Crippen molar-refractivity contribution in [1.82, 2.24) is 4.98 Å². The molecule has 0 unspecified atom stereocenters. The Balaban J connectivity index is 0.00000324. The summed E-state index contributed by atoms with van der Waals surface area (Å²) in [6, 6.07) is 1.02. The maximum Gasteiger partial charge on any atom is 1.00 e. The van der Waals surface area contributed by atoms with Crippen molar-refractivity contribution < 1.29 is 42.7 Å². The smallest absolute Gasteiger partial charge is 0.872 e. The van der Waals surface area contributed by atoms with E-state index in [-0.39, 0.29) is 36.1 Å². The summed E-state index contributed by atoms with van der Waals surface area (Å²) in [7, 11) is 0. The van der Waals surface area contributed by atoms with Gasteiger partial charge in [0.1, 0.15) is 0 Å². The normalized spacial score (nSPS) is 10.6. The van der Waals surface area contributed by atoms with Gasteiger partial charge in [-0.1, -0.05) is 17.4 Å². The third kappa shape index (κ3) is 5.03. The van der Waals surface area contributed by atoms with Crippen LogP contribution < -0.4 is 24.0 Å². The van der Waals surface area contributed by atoms with Crippen LogP contribution >= 0.6 is 11.6 Å². The predicted octanol–water partition coefficient (Wildman–Crippen LogP) is -2.29. The van der Waals surface area contributed by atoms with Crippen LogP contribution in [0.25, 0.3) is 5.76 Å². The quantitative estimate of drug-likeness (QED) is 0.155. The van der Waals surface area contributed by atoms with Crippen LogP contribution in [0.1, 0.15) is 12.5 Å². The molecule has 0 radical (unpaired) electrons. The molecule has 0 aliphatic rings. The van der Waals surface area contributed by atoms with Crippen molar-refractivity contribution in [1.29, 1.82) is 0 Å². The maximum absolute atomic E-state index is 12.7. The Morgan fingerprint density at radius 1 is 1.58 bits per heavy atom. The Morgan fingerprint density at radius 2 is 2.21 bits per heavy atom. The molecule has 0 aromatic carbocycles. The van der Waals surface area contributed by atoms with E-state index in [1.807, 2.05) is 0 Å². The summed E-state index contributed by atoms with van der Waals surface area (Å²) in [6.45, 7) is 1.55. The fraction of sp³-hybridized carbons (Fsp3) is 0.182. The molecule has 1 rings (SSSR count). The van der Waals surface area contributed by atoms with Crippen LogP contribution in [0.5, 0.6) is 0 Å². The van der Waals surface area contributed by atoms with Crippen molar-refractivity contribution in [3.05, 3.63) is 34.9 Å². The molecule has 8 heteroatoms. The summed E-state index contributed by atoms with van der Waals surface area (Å²) in [5.74, 6) is -3.96. The van der Waals surface area contributed by atoms with Gasteiger partial charge in [-0.15, -0.1) is 0 Å². The Kier molecular flexibility index (Phi) is 7.38. The van der Waals surface area contributed by atoms with Gasteiger partial charge < -0.3 is 9.84 Å². The molecular weight excluding hydrogens is 272 g/mol. The third-order valence-electron chi connectivity index (χ3n) is 1.82. The Labute approximate surface area is 125 Å². The predicted molar refractivity (Wildman–Crippen MR) is 58.8 cm³/mol. The number of nitrogens with zero attached hydrogens (tertiary/aromatic N) is 1. The van der Waals surface area contributed by atoms with Crippen molar-refractivity contribution in [3.8, 4) is 0 Å². The van der Waals surface area contributed by atoms with E-state index in [0.717, 1.165) is 12.3 Å². The van der Waals surface area contributed by atoms with Gasteiger partial charge in [-0.25, -0.2) is 9.78 Å². The zero-order valence-corrected chi connectivity index (χ0v) is 11.0. The summed E-state index contributed by atoms with van der Waals surface area (Å²) in [5.41, 5.74) is -0.0981. The van der Waals surface area contributed by atoms with Crippen molar-refractivity contribution in [3.63, 3.8) is 0 Å². The molecule has 0 fully saturated rings. The number of halogens is 2. The number of rotatable bonds is 4. The number of carbonyl (C=O) groups is 2. The zero-order chi connectivity index (χ0) is 13.7. The second-order valence-electron chi connectivity index (χ2n) is 3.09. The van der Waals surface area contributed by atoms with E-state index in [2.05, 4.69) is 9.72 Å². The molecule has 0 N–H and O–H groups in total. The number of ether oxygens (including phenoxy) is 1. The van der Waals surface area contributed by atoms with Gasteiger partial charge in [-0.3, -0.25) is 4.79 Å². The molecular formula is C11H8ClFLiNO4. The van der Waals surface area contributed by atoms with Crippen molar-refractivity contribution in [2.75, 3.05) is 6.61 Å². The molecule has 5 nitrogen and oxygen atoms in total. The van der Waals surface area contributed by atoms with Gasteiger partial charge in [-0.05, 0) is 24.6 Å². The molecule has 0 amide bonds. The Morgan fingerprint density at radius 3 is 2.74 bits per heavy atom. The number of hydrogen-bond acceptors (Lipinski definition) is 5. The first-order valence-corrected chi connectivity index (χ1v) is 5.24. The number of hydrogen-bond donors (Lipinski definition) is 0. The maximum atomic E-state index is 12.7. The minimum Gasteiger partial charge on any atom is -0.872 e. The van der Waals surface area contributed by atoms with Crippen LogP contribution in [0.15, 0.2) is 18.3 Å². The summed E-state index contributed by atoms with van der Waals surface area (Å²) in [4.78, 5) is 25.4. The van der Waals surface area contributed by atoms with Crippen molar-refractivity contribution in [2.45, 2.75) is 6.92 Å². The van der Waals surface area contributed by atoms with E-state index >= 15 is 0 Å². The summed E-state index contributed by atoms with van der Waals surface area (Å²) in [5, 5.41) is 11.2. The fourth-order valence-electron chi connectivity index (χ4n) is 1.02. The average molecular weight is 280 g/mol. The average Bonchev–Trinajstić information content (AvgIpc) is 2.32. The number of carbonyl (C=O) groups excluding carboxylic acids is 2. The van der Waals surface area contributed by atoms with Gasteiger partial charge in [0.25, 0.3) is 5.78 Å². The molecule has 1 aromatic heterocycles. The third-order valence-corrected chi connectivity index (χ3v) is 2.08. The molecule has 0 saturated carbocycles. The van der Waals surface area contributed by atoms with Crippen LogP contribution in [-0.4, -0.2) is 23.3 Å². The molecule has 0 bridgehead atoms. The minimum absolute atomic E-state index is 0. The van der Waals surface area contributed by atoms with Crippen molar-refractivity contribution in [2.24, 2.45) is 0 Å². The monoisotopic (exact) mass is 279 g/mol. The molecule has 1 aromatic rings. The van der Waals surface area contributed by atoms with E-state index in [1.54, 1.807) is 0 Å². The van der Waals surface area contributed by atoms with Crippen LogP contribution in [0.3, 0.4) is 0 Å². The summed E-state index contributed by atoms with van der Waals surface area (Å²) < 4.78 is 17.2. The Bertz CT molecular complexity index is 521. The van der Waals surface area contributed by atoms with E-state index in [0.29, 0.717) is 6.08 Å². The first-order valence-electron chi connectivity index (χ1n) is 4.87. The molecule has 96 valence electrons. The fourth-order valence-corrected chi connectivity index (χ4v) is 1.19. The first kappa shape index (κ1) is 17.6. The van der Waals surface area contributed by atoms with E-state index < -0.39 is 23.5 Å². The Hall–Kier alpha value is -1.35. The number of aromatic nitrogens is 1. The van der Waals surface area contributed by atoms with Crippen LogP contribution in [0.2, 0.25) is 5.02 Å². The molecule has 0 atom stereocenters. The minimum atomic E-state index is -1.13. The van der Waals surface area contributed by atoms with Crippen molar-refractivity contribution >= 4 is 29.1 Å². The van der Waals surface area contributed by atoms with Crippen LogP contribution in [0, 0.1) is 5.95 Å². The first-order chi connectivity index (χ1) is 8.45. The number of ketones is 1. The van der Waals surface area contributed by atoms with E-state index in [1.165, 1.54) is 6.92 Å². The molecule has 19 heavy (non-hydrogen) atoms. The standard InChI is InChI=1S/C11H9ClFNO4.Li/c1-2-18-11(17)9(16)4-8(15)6-3-7(12)10(13)14-5-6;/h3-5,15H,2H2,1H3;/q;+1/p-1. The summed E-state index contributed by atoms with van der Waals surface area (Å²) >= 11 is 5.43. The molecule has 0 aliphatic heterocycles. The molecule has 0 aliphatic carbocycles. The van der Waals surface area contributed by atoms with Gasteiger partial charge in [0.05, 0.1) is 11.6 Å². The summed E-state index contributed by atoms with van der Waals surface area (Å²) in [6.07, 6.45) is 1.46. The van der Waals surface area contributed by atoms with Crippen LogP contribution in [0.4, 0.5) is 4.39 Å². The topological polar surface area (TPSA) is 79.3 Å². The molecule has 0 saturated heterocycles.